The minimum Gasteiger partial charge on any atom is -0.343 e. The molecule has 0 bridgehead atoms. The van der Waals surface area contributed by atoms with Crippen LogP contribution in [0.25, 0.3) is 11.5 Å². The van der Waals surface area contributed by atoms with E-state index in [0.29, 0.717) is 18.2 Å². The summed E-state index contributed by atoms with van der Waals surface area (Å²) in [7, 11) is 0. The highest BCUT2D eigenvalue weighted by molar-refractivity contribution is 6.18. The van der Waals surface area contributed by atoms with Crippen molar-refractivity contribution in [2.45, 2.75) is 25.7 Å². The van der Waals surface area contributed by atoms with Crippen molar-refractivity contribution < 1.29 is 4.79 Å². The Morgan fingerprint density at radius 3 is 3.13 bits per heavy atom. The summed E-state index contributed by atoms with van der Waals surface area (Å²) in [5.74, 6) is 1.68. The molecule has 1 atom stereocenters. The van der Waals surface area contributed by atoms with Crippen LogP contribution in [-0.4, -0.2) is 49.7 Å². The number of carbonyl (C=O) groups excluding carboxylic acids is 1. The first-order valence-electron chi connectivity index (χ1n) is 7.90. The number of nitrogens with zero attached hydrogens (tertiary/aromatic N) is 4. The summed E-state index contributed by atoms with van der Waals surface area (Å²) < 4.78 is 0. The van der Waals surface area contributed by atoms with Gasteiger partial charge < -0.3 is 9.88 Å². The number of carbonyl (C=O) groups is 1. The first-order valence-corrected chi connectivity index (χ1v) is 8.44. The molecule has 1 saturated heterocycles. The Morgan fingerprint density at radius 1 is 1.43 bits per heavy atom. The average Bonchev–Trinajstić information content (AvgIpc) is 3.10. The van der Waals surface area contributed by atoms with Crippen LogP contribution in [-0.2, 0) is 11.2 Å². The third-order valence-corrected chi connectivity index (χ3v) is 4.29. The second-order valence-corrected chi connectivity index (χ2v) is 6.20. The summed E-state index contributed by atoms with van der Waals surface area (Å²) in [4.78, 5) is 30.1. The minimum atomic E-state index is 0.153. The number of amides is 1. The largest absolute Gasteiger partial charge is 0.343 e. The molecule has 1 unspecified atom stereocenters. The molecule has 2 aromatic heterocycles. The molecule has 1 aliphatic rings. The van der Waals surface area contributed by atoms with E-state index in [2.05, 4.69) is 19.9 Å². The van der Waals surface area contributed by atoms with Gasteiger partial charge in [-0.1, -0.05) is 0 Å². The smallest absolute Gasteiger partial charge is 0.223 e. The standard InChI is InChI=1S/C16H20ClN5O/c17-4-3-15(23)22-7-1-2-12(11-22)8-13-9-18-10-14(21-13)16-19-5-6-20-16/h5-6,9-10,12H,1-4,7-8,11H2,(H,19,20). The fourth-order valence-corrected chi connectivity index (χ4v) is 3.18. The van der Waals surface area contributed by atoms with Crippen LogP contribution in [0.2, 0.25) is 0 Å². The Labute approximate surface area is 140 Å². The molecule has 0 saturated carbocycles. The molecule has 1 N–H and O–H groups in total. The number of likely N-dealkylation sites (tertiary alicyclic amines) is 1. The average molecular weight is 334 g/mol. The maximum atomic E-state index is 12.0. The van der Waals surface area contributed by atoms with E-state index < -0.39 is 0 Å². The van der Waals surface area contributed by atoms with E-state index in [0.717, 1.165) is 49.6 Å². The van der Waals surface area contributed by atoms with Crippen molar-refractivity contribution in [3.8, 4) is 11.5 Å². The first kappa shape index (κ1) is 15.9. The predicted molar refractivity (Wildman–Crippen MR) is 88.0 cm³/mol. The SMILES string of the molecule is O=C(CCCl)N1CCCC(Cc2cncc(-c3ncc[nH]3)n2)C1. The topological polar surface area (TPSA) is 74.8 Å². The van der Waals surface area contributed by atoms with Gasteiger partial charge in [0, 0.05) is 44.0 Å². The number of rotatable bonds is 5. The van der Waals surface area contributed by atoms with Gasteiger partial charge in [0.15, 0.2) is 5.82 Å². The van der Waals surface area contributed by atoms with E-state index >= 15 is 0 Å². The van der Waals surface area contributed by atoms with Crippen molar-refractivity contribution >= 4 is 17.5 Å². The molecular weight excluding hydrogens is 314 g/mol. The summed E-state index contributed by atoms with van der Waals surface area (Å²) >= 11 is 5.67. The van der Waals surface area contributed by atoms with Crippen molar-refractivity contribution in [1.29, 1.82) is 0 Å². The summed E-state index contributed by atoms with van der Waals surface area (Å²) in [6.45, 7) is 1.62. The molecule has 0 radical (unpaired) electrons. The maximum Gasteiger partial charge on any atom is 0.223 e. The number of alkyl halides is 1. The van der Waals surface area contributed by atoms with E-state index in [1.165, 1.54) is 0 Å². The molecular formula is C16H20ClN5O. The number of nitrogens with one attached hydrogen (secondary N) is 1. The summed E-state index contributed by atoms with van der Waals surface area (Å²) in [5, 5.41) is 0. The lowest BCUT2D eigenvalue weighted by Crippen LogP contribution is -2.40. The molecule has 122 valence electrons. The molecule has 2 aromatic rings. The highest BCUT2D eigenvalue weighted by Crippen LogP contribution is 2.21. The van der Waals surface area contributed by atoms with Crippen LogP contribution >= 0.6 is 11.6 Å². The van der Waals surface area contributed by atoms with Crippen LogP contribution in [0, 0.1) is 5.92 Å². The van der Waals surface area contributed by atoms with Crippen molar-refractivity contribution in [1.82, 2.24) is 24.8 Å². The van der Waals surface area contributed by atoms with Gasteiger partial charge in [-0.15, -0.1) is 11.6 Å². The zero-order chi connectivity index (χ0) is 16.1. The number of halogens is 1. The molecule has 0 aliphatic carbocycles. The first-order chi connectivity index (χ1) is 11.3. The van der Waals surface area contributed by atoms with Crippen molar-refractivity contribution in [3.05, 3.63) is 30.5 Å². The number of imidazole rings is 1. The molecule has 1 amide bonds. The maximum absolute atomic E-state index is 12.0. The highest BCUT2D eigenvalue weighted by Gasteiger charge is 2.24. The van der Waals surface area contributed by atoms with Crippen LogP contribution in [0.15, 0.2) is 24.8 Å². The van der Waals surface area contributed by atoms with Crippen molar-refractivity contribution in [3.63, 3.8) is 0 Å². The van der Waals surface area contributed by atoms with E-state index in [4.69, 9.17) is 11.6 Å². The summed E-state index contributed by atoms with van der Waals surface area (Å²) in [5.41, 5.74) is 1.69. The Kier molecular flexibility index (Phi) is 5.23. The van der Waals surface area contributed by atoms with Crippen LogP contribution in [0.4, 0.5) is 0 Å². The zero-order valence-corrected chi connectivity index (χ0v) is 13.7. The van der Waals surface area contributed by atoms with Gasteiger partial charge >= 0.3 is 0 Å². The number of piperidine rings is 1. The van der Waals surface area contributed by atoms with Crippen LogP contribution in [0.3, 0.4) is 0 Å². The number of aromatic amines is 1. The van der Waals surface area contributed by atoms with Crippen LogP contribution in [0.1, 0.15) is 25.0 Å². The molecule has 0 aromatic carbocycles. The number of H-pyrrole nitrogens is 1. The third-order valence-electron chi connectivity index (χ3n) is 4.10. The molecule has 1 fully saturated rings. The molecule has 0 spiro atoms. The van der Waals surface area contributed by atoms with Gasteiger partial charge in [0.2, 0.25) is 5.91 Å². The highest BCUT2D eigenvalue weighted by atomic mass is 35.5. The molecule has 6 nitrogen and oxygen atoms in total. The van der Waals surface area contributed by atoms with Gasteiger partial charge in [-0.3, -0.25) is 9.78 Å². The van der Waals surface area contributed by atoms with Gasteiger partial charge in [-0.25, -0.2) is 9.97 Å². The van der Waals surface area contributed by atoms with Gasteiger partial charge in [-0.05, 0) is 25.2 Å². The number of hydrogen-bond acceptors (Lipinski definition) is 4. The lowest BCUT2D eigenvalue weighted by Gasteiger charge is -2.32. The fraction of sp³-hybridized carbons (Fsp3) is 0.500. The van der Waals surface area contributed by atoms with Gasteiger partial charge in [0.1, 0.15) is 5.69 Å². The lowest BCUT2D eigenvalue weighted by atomic mass is 9.93. The molecule has 7 heteroatoms. The van der Waals surface area contributed by atoms with E-state index in [1.54, 1.807) is 24.8 Å². The van der Waals surface area contributed by atoms with Crippen LogP contribution in [0.5, 0.6) is 0 Å². The molecule has 23 heavy (non-hydrogen) atoms. The third kappa shape index (κ3) is 4.07. The van der Waals surface area contributed by atoms with Gasteiger partial charge in [0.05, 0.1) is 11.9 Å². The summed E-state index contributed by atoms with van der Waals surface area (Å²) in [6, 6.07) is 0. The monoisotopic (exact) mass is 333 g/mol. The van der Waals surface area contributed by atoms with Gasteiger partial charge in [0.25, 0.3) is 0 Å². The van der Waals surface area contributed by atoms with Crippen molar-refractivity contribution in [2.75, 3.05) is 19.0 Å². The summed E-state index contributed by atoms with van der Waals surface area (Å²) in [6.07, 6.45) is 10.4. The minimum absolute atomic E-state index is 0.153. The normalized spacial score (nSPS) is 18.1. The quantitative estimate of drug-likeness (QED) is 0.852. The number of hydrogen-bond donors (Lipinski definition) is 1. The predicted octanol–water partition coefficient (Wildman–Crippen LogP) is 2.28. The zero-order valence-electron chi connectivity index (χ0n) is 12.9. The fourth-order valence-electron chi connectivity index (χ4n) is 3.02. The van der Waals surface area contributed by atoms with E-state index in [-0.39, 0.29) is 5.91 Å². The van der Waals surface area contributed by atoms with Crippen molar-refractivity contribution in [2.24, 2.45) is 5.92 Å². The Hall–Kier alpha value is -1.95. The lowest BCUT2D eigenvalue weighted by molar-refractivity contribution is -0.132. The van der Waals surface area contributed by atoms with Crippen LogP contribution < -0.4 is 0 Å². The number of aromatic nitrogens is 4. The molecule has 3 heterocycles. The van der Waals surface area contributed by atoms with E-state index in [9.17, 15) is 4.79 Å². The van der Waals surface area contributed by atoms with Gasteiger partial charge in [-0.2, -0.15) is 0 Å². The van der Waals surface area contributed by atoms with E-state index in [1.807, 2.05) is 4.90 Å². The second kappa shape index (κ2) is 7.55. The molecule has 1 aliphatic heterocycles. The Bertz CT molecular complexity index is 646. The Balaban J connectivity index is 1.65. The second-order valence-electron chi connectivity index (χ2n) is 5.82. The molecule has 3 rings (SSSR count). The Morgan fingerprint density at radius 2 is 2.35 bits per heavy atom.